The highest BCUT2D eigenvalue weighted by Crippen LogP contribution is 2.29. The molecule has 2 aromatic rings. The number of hydrogen-bond donors (Lipinski definition) is 1. The highest BCUT2D eigenvalue weighted by atomic mass is 35.5. The Morgan fingerprint density at radius 1 is 1.32 bits per heavy atom. The molecule has 2 heterocycles. The Morgan fingerprint density at radius 2 is 1.97 bits per heavy atom. The fraction of sp³-hybridized carbons (Fsp3) is 0.304. The van der Waals surface area contributed by atoms with Crippen molar-refractivity contribution in [3.8, 4) is 0 Å². The van der Waals surface area contributed by atoms with E-state index in [4.69, 9.17) is 11.6 Å². The molecule has 38 heavy (non-hydrogen) atoms. The zero-order valence-electron chi connectivity index (χ0n) is 19.7. The van der Waals surface area contributed by atoms with Crippen molar-refractivity contribution in [3.05, 3.63) is 64.8 Å². The number of carbonyl (C=O) groups excluding carboxylic acids is 1. The molecule has 2 atom stereocenters. The molecule has 15 heteroatoms. The standard InChI is InChI=1S/C23H21ClF5N5O3S/c1-13(9-33-22(30-2)23(27,28)29)18-8-16(31-11-19(18)24)10-32-21(35)20-7-15(26)12-34(20)38(36,37)17-5-3-14(25)4-6-17/h3-6,8-9,11,15,20H,2,7,10,12H2,1H3,(H,32,35)/b13-9+,33-22-/t15-,20+/m1/s1. The molecule has 1 aromatic carbocycles. The number of hydrogen-bond acceptors (Lipinski definition) is 5. The highest BCUT2D eigenvalue weighted by Gasteiger charge is 2.44. The van der Waals surface area contributed by atoms with E-state index in [0.29, 0.717) is 0 Å². The Morgan fingerprint density at radius 3 is 2.58 bits per heavy atom. The summed E-state index contributed by atoms with van der Waals surface area (Å²) < 4.78 is 92.5. The van der Waals surface area contributed by atoms with E-state index in [1.807, 2.05) is 0 Å². The molecule has 3 rings (SSSR count). The topological polar surface area (TPSA) is 104 Å². The van der Waals surface area contributed by atoms with E-state index in [0.717, 1.165) is 34.8 Å². The van der Waals surface area contributed by atoms with Crippen LogP contribution in [-0.2, 0) is 21.4 Å². The summed E-state index contributed by atoms with van der Waals surface area (Å²) in [5, 5.41) is 2.59. The molecule has 0 radical (unpaired) electrons. The molecule has 0 saturated carbocycles. The summed E-state index contributed by atoms with van der Waals surface area (Å²) in [6.07, 6.45) is -4.66. The van der Waals surface area contributed by atoms with Crippen LogP contribution >= 0.6 is 11.6 Å². The van der Waals surface area contributed by atoms with Gasteiger partial charge in [0.25, 0.3) is 0 Å². The summed E-state index contributed by atoms with van der Waals surface area (Å²) in [4.78, 5) is 22.7. The summed E-state index contributed by atoms with van der Waals surface area (Å²) in [5.41, 5.74) is 0.726. The highest BCUT2D eigenvalue weighted by molar-refractivity contribution is 7.89. The number of rotatable bonds is 7. The molecule has 1 fully saturated rings. The fourth-order valence-electron chi connectivity index (χ4n) is 3.61. The predicted molar refractivity (Wildman–Crippen MR) is 131 cm³/mol. The summed E-state index contributed by atoms with van der Waals surface area (Å²) in [6, 6.07) is 3.95. The number of benzene rings is 1. The number of aliphatic imine (C=N–C) groups is 2. The van der Waals surface area contributed by atoms with Crippen molar-refractivity contribution in [2.24, 2.45) is 9.98 Å². The summed E-state index contributed by atoms with van der Waals surface area (Å²) in [6.45, 7) is 3.52. The molecule has 8 nitrogen and oxygen atoms in total. The van der Waals surface area contributed by atoms with Gasteiger partial charge in [-0.1, -0.05) is 11.6 Å². The van der Waals surface area contributed by atoms with Crippen LogP contribution in [0.15, 0.2) is 57.6 Å². The number of aromatic nitrogens is 1. The van der Waals surface area contributed by atoms with Crippen LogP contribution < -0.4 is 5.32 Å². The Labute approximate surface area is 220 Å². The maximum absolute atomic E-state index is 14.2. The predicted octanol–water partition coefficient (Wildman–Crippen LogP) is 4.31. The summed E-state index contributed by atoms with van der Waals surface area (Å²) >= 11 is 6.11. The Bertz CT molecular complexity index is 1380. The minimum Gasteiger partial charge on any atom is -0.349 e. The zero-order valence-corrected chi connectivity index (χ0v) is 21.3. The van der Waals surface area contributed by atoms with Gasteiger partial charge >= 0.3 is 6.18 Å². The molecular weight excluding hydrogens is 557 g/mol. The fourth-order valence-corrected chi connectivity index (χ4v) is 5.49. The number of amidine groups is 1. The lowest BCUT2D eigenvalue weighted by Crippen LogP contribution is -2.45. The van der Waals surface area contributed by atoms with Crippen LogP contribution in [0.1, 0.15) is 24.6 Å². The normalized spacial score (nSPS) is 19.4. The van der Waals surface area contributed by atoms with Crippen molar-refractivity contribution in [1.82, 2.24) is 14.6 Å². The quantitative estimate of drug-likeness (QED) is 0.301. The molecule has 0 spiro atoms. The van der Waals surface area contributed by atoms with Gasteiger partial charge in [0.05, 0.1) is 22.2 Å². The van der Waals surface area contributed by atoms with Crippen LogP contribution in [-0.4, -0.2) is 61.1 Å². The maximum Gasteiger partial charge on any atom is 0.451 e. The first-order valence-corrected chi connectivity index (χ1v) is 12.7. The Kier molecular flexibility index (Phi) is 9.00. The minimum atomic E-state index is -4.80. The SMILES string of the molecule is C=N/C(=N\C=C(/C)c1cc(CNC(=O)[C@@H]2C[C@@H](F)CN2S(=O)(=O)c2ccc(F)cc2)ncc1Cl)C(F)(F)F. The lowest BCUT2D eigenvalue weighted by atomic mass is 10.1. The van der Waals surface area contributed by atoms with E-state index in [9.17, 15) is 35.2 Å². The number of amides is 1. The molecule has 1 aromatic heterocycles. The number of alkyl halides is 4. The van der Waals surface area contributed by atoms with E-state index < -0.39 is 52.5 Å². The van der Waals surface area contributed by atoms with Gasteiger partial charge in [0.1, 0.15) is 18.0 Å². The first-order chi connectivity index (χ1) is 17.7. The van der Waals surface area contributed by atoms with Crippen LogP contribution in [0, 0.1) is 5.82 Å². The molecule has 1 saturated heterocycles. The van der Waals surface area contributed by atoms with Gasteiger partial charge in [-0.05, 0) is 49.5 Å². The Hall–Kier alpha value is -3.23. The third kappa shape index (κ3) is 6.79. The van der Waals surface area contributed by atoms with E-state index in [1.54, 1.807) is 0 Å². The van der Waals surface area contributed by atoms with Crippen LogP contribution in [0.4, 0.5) is 22.0 Å². The lowest BCUT2D eigenvalue weighted by molar-refractivity contribution is -0.124. The number of halogens is 6. The molecule has 204 valence electrons. The molecule has 1 amide bonds. The Balaban J connectivity index is 1.77. The van der Waals surface area contributed by atoms with Gasteiger partial charge in [-0.2, -0.15) is 17.5 Å². The van der Waals surface area contributed by atoms with Crippen molar-refractivity contribution in [2.75, 3.05) is 6.54 Å². The van der Waals surface area contributed by atoms with Gasteiger partial charge in [-0.25, -0.2) is 27.2 Å². The maximum atomic E-state index is 14.2. The first kappa shape index (κ1) is 29.3. The van der Waals surface area contributed by atoms with Crippen LogP contribution in [0.2, 0.25) is 5.02 Å². The number of carbonyl (C=O) groups is 1. The van der Waals surface area contributed by atoms with Crippen LogP contribution in [0.25, 0.3) is 5.57 Å². The first-order valence-electron chi connectivity index (χ1n) is 10.9. The molecule has 0 unspecified atom stereocenters. The van der Waals surface area contributed by atoms with E-state index in [1.165, 1.54) is 19.2 Å². The number of nitrogens with zero attached hydrogens (tertiary/aromatic N) is 4. The van der Waals surface area contributed by atoms with Crippen molar-refractivity contribution >= 4 is 45.7 Å². The molecule has 1 N–H and O–H groups in total. The molecule has 1 aliphatic rings. The molecular formula is C23H21ClF5N5O3S. The van der Waals surface area contributed by atoms with Crippen molar-refractivity contribution in [2.45, 2.75) is 43.2 Å². The van der Waals surface area contributed by atoms with Crippen molar-refractivity contribution < 1.29 is 35.2 Å². The third-order valence-electron chi connectivity index (χ3n) is 5.49. The summed E-state index contributed by atoms with van der Waals surface area (Å²) in [5.74, 6) is -2.90. The van der Waals surface area contributed by atoms with Crippen LogP contribution in [0.5, 0.6) is 0 Å². The van der Waals surface area contributed by atoms with E-state index >= 15 is 0 Å². The van der Waals surface area contributed by atoms with Gasteiger partial charge in [-0.15, -0.1) is 0 Å². The van der Waals surface area contributed by atoms with Crippen molar-refractivity contribution in [3.63, 3.8) is 0 Å². The molecule has 0 aliphatic carbocycles. The average molecular weight is 578 g/mol. The second kappa shape index (κ2) is 11.7. The monoisotopic (exact) mass is 577 g/mol. The van der Waals surface area contributed by atoms with Gasteiger partial charge in [0.2, 0.25) is 21.8 Å². The van der Waals surface area contributed by atoms with Gasteiger partial charge < -0.3 is 5.32 Å². The summed E-state index contributed by atoms with van der Waals surface area (Å²) in [7, 11) is -4.29. The lowest BCUT2D eigenvalue weighted by Gasteiger charge is -2.23. The largest absolute Gasteiger partial charge is 0.451 e. The number of pyridine rings is 1. The third-order valence-corrected chi connectivity index (χ3v) is 7.68. The smallest absolute Gasteiger partial charge is 0.349 e. The number of allylic oxidation sites excluding steroid dienone is 1. The molecule has 1 aliphatic heterocycles. The minimum absolute atomic E-state index is 0.0942. The van der Waals surface area contributed by atoms with Gasteiger partial charge in [0.15, 0.2) is 0 Å². The van der Waals surface area contributed by atoms with Gasteiger partial charge in [-0.3, -0.25) is 9.78 Å². The zero-order chi connectivity index (χ0) is 28.3. The van der Waals surface area contributed by atoms with Crippen LogP contribution in [0.3, 0.4) is 0 Å². The second-order valence-corrected chi connectivity index (χ2v) is 10.5. The van der Waals surface area contributed by atoms with E-state index in [2.05, 4.69) is 27.0 Å². The van der Waals surface area contributed by atoms with E-state index in [-0.39, 0.29) is 39.7 Å². The van der Waals surface area contributed by atoms with Crippen molar-refractivity contribution in [1.29, 1.82) is 0 Å². The number of sulfonamides is 1. The number of nitrogens with one attached hydrogen (secondary N) is 1. The van der Waals surface area contributed by atoms with Gasteiger partial charge in [0, 0.05) is 30.9 Å². The second-order valence-electron chi connectivity index (χ2n) is 8.17. The average Bonchev–Trinajstić information content (AvgIpc) is 3.25. The molecule has 0 bridgehead atoms.